The number of nitrogens with zero attached hydrogens (tertiary/aromatic N) is 1. The number of ether oxygens (including phenoxy) is 2. The van der Waals surface area contributed by atoms with Gasteiger partial charge in [-0.1, -0.05) is 58.2 Å². The van der Waals surface area contributed by atoms with Gasteiger partial charge in [-0.25, -0.2) is 0 Å². The molecule has 0 radical (unpaired) electrons. The van der Waals surface area contributed by atoms with E-state index in [1.807, 2.05) is 25.2 Å². The lowest BCUT2D eigenvalue weighted by atomic mass is 9.92. The minimum atomic E-state index is -1.71. The van der Waals surface area contributed by atoms with E-state index in [0.29, 0.717) is 28.8 Å². The zero-order valence-electron chi connectivity index (χ0n) is 18.1. The van der Waals surface area contributed by atoms with Gasteiger partial charge in [-0.15, -0.1) is 0 Å². The Morgan fingerprint density at radius 3 is 2.26 bits per heavy atom. The maximum Gasteiger partial charge on any atom is 0.263 e. The first kappa shape index (κ1) is 20.4. The van der Waals surface area contributed by atoms with Gasteiger partial charge in [0.1, 0.15) is 5.75 Å². The van der Waals surface area contributed by atoms with Crippen LogP contribution in [0.25, 0.3) is 0 Å². The van der Waals surface area contributed by atoms with Crippen molar-refractivity contribution in [3.05, 3.63) is 23.8 Å². The van der Waals surface area contributed by atoms with E-state index < -0.39 is 13.7 Å². The normalized spacial score (nSPS) is 25.4. The molecule has 5 heteroatoms. The van der Waals surface area contributed by atoms with Crippen molar-refractivity contribution in [2.45, 2.75) is 75.7 Å². The molecule has 0 aliphatic carbocycles. The predicted molar refractivity (Wildman–Crippen MR) is 113 cm³/mol. The van der Waals surface area contributed by atoms with Gasteiger partial charge in [-0.3, -0.25) is 4.79 Å². The Kier molecular flexibility index (Phi) is 5.23. The Morgan fingerprint density at radius 2 is 1.74 bits per heavy atom. The van der Waals surface area contributed by atoms with Crippen molar-refractivity contribution < 1.29 is 14.3 Å². The van der Waals surface area contributed by atoms with Gasteiger partial charge in [-0.05, 0) is 30.2 Å². The highest BCUT2D eigenvalue weighted by atomic mass is 28.3. The minimum absolute atomic E-state index is 0.0763. The van der Waals surface area contributed by atoms with Crippen LogP contribution < -0.4 is 9.64 Å². The van der Waals surface area contributed by atoms with Crippen LogP contribution in [0.2, 0.25) is 22.2 Å². The largest absolute Gasteiger partial charge is 0.497 e. The summed E-state index contributed by atoms with van der Waals surface area (Å²) in [6.07, 6.45) is 0.803. The molecule has 2 aliphatic heterocycles. The second-order valence-corrected chi connectivity index (χ2v) is 15.5. The van der Waals surface area contributed by atoms with E-state index in [2.05, 4.69) is 41.5 Å². The summed E-state index contributed by atoms with van der Waals surface area (Å²) in [5.41, 5.74) is 3.54. The monoisotopic (exact) mass is 389 g/mol. The number of hydrogen-bond donors (Lipinski definition) is 0. The summed E-state index contributed by atoms with van der Waals surface area (Å²) in [5.74, 6) is 0.857. The summed E-state index contributed by atoms with van der Waals surface area (Å²) >= 11 is 0. The maximum absolute atomic E-state index is 13.3. The fourth-order valence-electron chi connectivity index (χ4n) is 6.53. The summed E-state index contributed by atoms with van der Waals surface area (Å²) in [6, 6.07) is 5.90. The van der Waals surface area contributed by atoms with Crippen LogP contribution in [0.3, 0.4) is 0 Å². The Bertz CT molecular complexity index is 708. The van der Waals surface area contributed by atoms with Gasteiger partial charge in [-0.2, -0.15) is 0 Å². The van der Waals surface area contributed by atoms with Crippen LogP contribution in [0.4, 0.5) is 5.69 Å². The highest BCUT2D eigenvalue weighted by molar-refractivity contribution is 6.85. The molecule has 2 atom stereocenters. The number of benzene rings is 1. The second-order valence-electron chi connectivity index (χ2n) is 9.25. The molecular weight excluding hydrogens is 354 g/mol. The number of fused-ring (bicyclic) bond motifs is 2. The maximum atomic E-state index is 13.3. The van der Waals surface area contributed by atoms with Gasteiger partial charge < -0.3 is 14.4 Å². The molecular formula is C22H35NO3Si. The van der Waals surface area contributed by atoms with Gasteiger partial charge in [0, 0.05) is 19.2 Å². The van der Waals surface area contributed by atoms with Gasteiger partial charge >= 0.3 is 0 Å². The molecule has 1 amide bonds. The lowest BCUT2D eigenvalue weighted by Gasteiger charge is -2.47. The summed E-state index contributed by atoms with van der Waals surface area (Å²) in [5, 5.41) is 0. The average molecular weight is 390 g/mol. The number of anilines is 1. The molecule has 0 saturated carbocycles. The molecule has 1 saturated heterocycles. The zero-order chi connectivity index (χ0) is 20.1. The molecule has 4 nitrogen and oxygen atoms in total. The Hall–Kier alpha value is -1.33. The molecule has 27 heavy (non-hydrogen) atoms. The van der Waals surface area contributed by atoms with Crippen molar-refractivity contribution in [3.8, 4) is 5.75 Å². The molecule has 1 aromatic carbocycles. The molecule has 3 rings (SSSR count). The number of methoxy groups -OCH3 is 1. The molecule has 0 bridgehead atoms. The van der Waals surface area contributed by atoms with Crippen LogP contribution in [-0.2, 0) is 15.1 Å². The van der Waals surface area contributed by atoms with Crippen LogP contribution in [0.15, 0.2) is 18.2 Å². The topological polar surface area (TPSA) is 38.8 Å². The Morgan fingerprint density at radius 1 is 1.15 bits per heavy atom. The highest BCUT2D eigenvalue weighted by Crippen LogP contribution is 2.59. The fourth-order valence-corrected chi connectivity index (χ4v) is 14.4. The van der Waals surface area contributed by atoms with E-state index >= 15 is 0 Å². The standard InChI is InChI=1S/C22H35NO3Si/c1-14(2)27(15(3)4,16(5)6)18-12-22(26-13-18)19-11-17(25-8)9-10-20(19)23(7)21(22)24/h9-11,14-16,18H,12-13H2,1-8H3/t18-,22+/m0/s1. The van der Waals surface area contributed by atoms with Crippen LogP contribution >= 0.6 is 0 Å². The predicted octanol–water partition coefficient (Wildman–Crippen LogP) is 5.34. The van der Waals surface area contributed by atoms with Crippen molar-refractivity contribution in [3.63, 3.8) is 0 Å². The Balaban J connectivity index is 2.08. The van der Waals surface area contributed by atoms with Crippen molar-refractivity contribution in [1.82, 2.24) is 0 Å². The molecule has 1 fully saturated rings. The smallest absolute Gasteiger partial charge is 0.263 e. The third-order valence-corrected chi connectivity index (χ3v) is 15.2. The third kappa shape index (κ3) is 2.69. The summed E-state index contributed by atoms with van der Waals surface area (Å²) in [6.45, 7) is 15.0. The summed E-state index contributed by atoms with van der Waals surface area (Å²) in [7, 11) is 1.82. The molecule has 1 spiro atoms. The molecule has 0 aromatic heterocycles. The molecule has 0 N–H and O–H groups in total. The van der Waals surface area contributed by atoms with Gasteiger partial charge in [0.25, 0.3) is 5.91 Å². The van der Waals surface area contributed by atoms with Crippen LogP contribution in [0, 0.1) is 0 Å². The first-order valence-corrected chi connectivity index (χ1v) is 12.5. The minimum Gasteiger partial charge on any atom is -0.497 e. The van der Waals surface area contributed by atoms with Gasteiger partial charge in [0.15, 0.2) is 5.60 Å². The quantitative estimate of drug-likeness (QED) is 0.638. The van der Waals surface area contributed by atoms with Gasteiger partial charge in [0.05, 0.1) is 20.9 Å². The SMILES string of the molecule is COc1ccc2c(c1)[C@]1(C[C@H]([Si](C(C)C)(C(C)C)C(C)C)CO1)C(=O)N2C. The lowest BCUT2D eigenvalue weighted by molar-refractivity contribution is -0.137. The second kappa shape index (κ2) is 6.93. The first-order chi connectivity index (χ1) is 12.6. The number of likely N-dealkylation sites (N-methyl/N-ethyl adjacent to an activating group) is 1. The van der Waals surface area contributed by atoms with E-state index in [4.69, 9.17) is 9.47 Å². The third-order valence-electron chi connectivity index (χ3n) is 7.42. The van der Waals surface area contributed by atoms with E-state index in [9.17, 15) is 4.79 Å². The van der Waals surface area contributed by atoms with E-state index in [-0.39, 0.29) is 5.91 Å². The van der Waals surface area contributed by atoms with Crippen molar-refractivity contribution in [2.24, 2.45) is 0 Å². The van der Waals surface area contributed by atoms with E-state index in [0.717, 1.165) is 23.4 Å². The van der Waals surface area contributed by atoms with Crippen molar-refractivity contribution >= 4 is 19.7 Å². The number of carbonyl (C=O) groups excluding carboxylic acids is 1. The van der Waals surface area contributed by atoms with Crippen molar-refractivity contribution in [2.75, 3.05) is 25.7 Å². The van der Waals surface area contributed by atoms with E-state index in [1.165, 1.54) is 0 Å². The summed E-state index contributed by atoms with van der Waals surface area (Å²) in [4.78, 5) is 15.1. The average Bonchev–Trinajstić information content (AvgIpc) is 3.12. The van der Waals surface area contributed by atoms with E-state index in [1.54, 1.807) is 12.0 Å². The molecule has 2 aliphatic rings. The number of rotatable bonds is 5. The molecule has 150 valence electrons. The van der Waals surface area contributed by atoms with Crippen LogP contribution in [0.1, 0.15) is 53.5 Å². The summed E-state index contributed by atoms with van der Waals surface area (Å²) < 4.78 is 11.9. The van der Waals surface area contributed by atoms with Crippen molar-refractivity contribution in [1.29, 1.82) is 0 Å². The first-order valence-electron chi connectivity index (χ1n) is 10.2. The molecule has 0 unspecified atom stereocenters. The molecule has 1 aromatic rings. The number of carbonyl (C=O) groups is 1. The number of hydrogen-bond acceptors (Lipinski definition) is 3. The van der Waals surface area contributed by atoms with Crippen LogP contribution in [0.5, 0.6) is 5.75 Å². The van der Waals surface area contributed by atoms with Crippen LogP contribution in [-0.4, -0.2) is 34.7 Å². The fraction of sp³-hybridized carbons (Fsp3) is 0.682. The lowest BCUT2D eigenvalue weighted by Crippen LogP contribution is -2.49. The Labute approximate surface area is 165 Å². The highest BCUT2D eigenvalue weighted by Gasteiger charge is 2.61. The van der Waals surface area contributed by atoms with Gasteiger partial charge in [0.2, 0.25) is 0 Å². The number of amides is 1. The molecule has 2 heterocycles. The zero-order valence-corrected chi connectivity index (χ0v) is 19.1.